The zero-order valence-corrected chi connectivity index (χ0v) is 12.8. The Labute approximate surface area is 126 Å². The smallest absolute Gasteiger partial charge is 0.0406 e. The molecule has 1 aliphatic heterocycles. The molecule has 1 N–H and O–H groups in total. The molecule has 0 aliphatic carbocycles. The number of hydrogen-bond donors (Lipinski definition) is 1. The van der Waals surface area contributed by atoms with Crippen LogP contribution in [0.15, 0.2) is 42.5 Å². The topological polar surface area (TPSA) is 12.0 Å². The summed E-state index contributed by atoms with van der Waals surface area (Å²) in [5.74, 6) is 0. The van der Waals surface area contributed by atoms with Gasteiger partial charge >= 0.3 is 0 Å². The predicted molar refractivity (Wildman–Crippen MR) is 85.6 cm³/mol. The van der Waals surface area contributed by atoms with E-state index < -0.39 is 0 Å². The molecule has 20 heavy (non-hydrogen) atoms. The second kappa shape index (κ2) is 5.23. The highest BCUT2D eigenvalue weighted by atomic mass is 35.5. The van der Waals surface area contributed by atoms with Crippen LogP contribution in [-0.2, 0) is 11.8 Å². The first-order valence-corrected chi connectivity index (χ1v) is 7.49. The number of hydrogen-bond acceptors (Lipinski definition) is 1. The van der Waals surface area contributed by atoms with Gasteiger partial charge in [-0.3, -0.25) is 0 Å². The number of halogens is 1. The fraction of sp³-hybridized carbons (Fsp3) is 0.333. The summed E-state index contributed by atoms with van der Waals surface area (Å²) in [6.07, 6.45) is 1.09. The maximum absolute atomic E-state index is 6.01. The highest BCUT2D eigenvalue weighted by Gasteiger charge is 2.38. The van der Waals surface area contributed by atoms with E-state index in [0.717, 1.165) is 24.5 Å². The molecular weight excluding hydrogens is 266 g/mol. The summed E-state index contributed by atoms with van der Waals surface area (Å²) in [5.41, 5.74) is 5.74. The van der Waals surface area contributed by atoms with Crippen LogP contribution < -0.4 is 5.32 Å². The molecule has 2 aromatic carbocycles. The summed E-state index contributed by atoms with van der Waals surface area (Å²) in [7, 11) is 0. The van der Waals surface area contributed by atoms with Crippen molar-refractivity contribution in [2.75, 3.05) is 13.1 Å². The summed E-state index contributed by atoms with van der Waals surface area (Å²) < 4.78 is 0. The van der Waals surface area contributed by atoms with E-state index in [9.17, 15) is 0 Å². The maximum atomic E-state index is 6.01. The van der Waals surface area contributed by atoms with Crippen molar-refractivity contribution in [3.63, 3.8) is 0 Å². The Bertz CT molecular complexity index is 592. The SMILES string of the molecule is Cc1cc(C)cc(CC2(c3ccc(Cl)cc3)CNC2)c1. The van der Waals surface area contributed by atoms with E-state index in [4.69, 9.17) is 11.6 Å². The van der Waals surface area contributed by atoms with Crippen LogP contribution in [0, 0.1) is 13.8 Å². The Balaban J connectivity index is 1.91. The zero-order valence-electron chi connectivity index (χ0n) is 12.0. The summed E-state index contributed by atoms with van der Waals surface area (Å²) in [5, 5.41) is 4.24. The summed E-state index contributed by atoms with van der Waals surface area (Å²) in [6.45, 7) is 6.43. The van der Waals surface area contributed by atoms with Gasteiger partial charge in [-0.05, 0) is 43.5 Å². The van der Waals surface area contributed by atoms with Gasteiger partial charge in [0.1, 0.15) is 0 Å². The molecule has 1 aliphatic rings. The van der Waals surface area contributed by atoms with E-state index in [0.29, 0.717) is 0 Å². The zero-order chi connectivity index (χ0) is 14.2. The van der Waals surface area contributed by atoms with E-state index >= 15 is 0 Å². The van der Waals surface area contributed by atoms with Gasteiger partial charge in [0.25, 0.3) is 0 Å². The van der Waals surface area contributed by atoms with Crippen molar-refractivity contribution >= 4 is 11.6 Å². The number of nitrogens with one attached hydrogen (secondary N) is 1. The van der Waals surface area contributed by atoms with Crippen molar-refractivity contribution in [2.45, 2.75) is 25.7 Å². The molecule has 2 aromatic rings. The van der Waals surface area contributed by atoms with Crippen LogP contribution in [0.2, 0.25) is 5.02 Å². The minimum atomic E-state index is 0.227. The molecule has 0 aromatic heterocycles. The minimum absolute atomic E-state index is 0.227. The largest absolute Gasteiger partial charge is 0.315 e. The molecule has 3 rings (SSSR count). The van der Waals surface area contributed by atoms with Crippen molar-refractivity contribution in [3.05, 3.63) is 69.7 Å². The standard InChI is InChI=1S/C18H20ClN/c1-13-7-14(2)9-15(8-13)10-18(11-20-12-18)16-3-5-17(19)6-4-16/h3-9,20H,10-12H2,1-2H3. The molecule has 2 heteroatoms. The molecule has 1 heterocycles. The monoisotopic (exact) mass is 285 g/mol. The van der Waals surface area contributed by atoms with Crippen LogP contribution in [0.5, 0.6) is 0 Å². The number of aryl methyl sites for hydroxylation is 2. The molecule has 0 bridgehead atoms. The first kappa shape index (κ1) is 13.7. The minimum Gasteiger partial charge on any atom is -0.315 e. The lowest BCUT2D eigenvalue weighted by Crippen LogP contribution is -2.58. The van der Waals surface area contributed by atoms with E-state index in [1.54, 1.807) is 0 Å². The lowest BCUT2D eigenvalue weighted by molar-refractivity contribution is 0.274. The van der Waals surface area contributed by atoms with Crippen LogP contribution >= 0.6 is 11.6 Å². The fourth-order valence-electron chi connectivity index (χ4n) is 3.22. The first-order valence-electron chi connectivity index (χ1n) is 7.11. The Morgan fingerprint density at radius 1 is 1.00 bits per heavy atom. The number of rotatable bonds is 3. The van der Waals surface area contributed by atoms with Crippen molar-refractivity contribution in [3.8, 4) is 0 Å². The quantitative estimate of drug-likeness (QED) is 0.897. The molecule has 0 amide bonds. The van der Waals surface area contributed by atoms with Crippen LogP contribution in [0.1, 0.15) is 22.3 Å². The van der Waals surface area contributed by atoms with Crippen molar-refractivity contribution in [1.29, 1.82) is 0 Å². The van der Waals surface area contributed by atoms with E-state index in [1.807, 2.05) is 12.1 Å². The molecule has 0 atom stereocenters. The van der Waals surface area contributed by atoms with Gasteiger partial charge in [-0.2, -0.15) is 0 Å². The number of benzene rings is 2. The Morgan fingerprint density at radius 2 is 1.60 bits per heavy atom. The average molecular weight is 286 g/mol. The van der Waals surface area contributed by atoms with E-state index in [1.165, 1.54) is 22.3 Å². The predicted octanol–water partition coefficient (Wildman–Crippen LogP) is 4.04. The van der Waals surface area contributed by atoms with Crippen molar-refractivity contribution in [2.24, 2.45) is 0 Å². The molecule has 1 nitrogen and oxygen atoms in total. The van der Waals surface area contributed by atoms with Gasteiger partial charge in [0, 0.05) is 23.5 Å². The van der Waals surface area contributed by atoms with Crippen LogP contribution in [0.3, 0.4) is 0 Å². The van der Waals surface area contributed by atoms with Crippen molar-refractivity contribution < 1.29 is 0 Å². The second-order valence-corrected chi connectivity index (χ2v) is 6.50. The normalized spacial score (nSPS) is 16.8. The Kier molecular flexibility index (Phi) is 3.57. The second-order valence-electron chi connectivity index (χ2n) is 6.06. The molecular formula is C18H20ClN. The molecule has 1 saturated heterocycles. The van der Waals surface area contributed by atoms with Gasteiger partial charge < -0.3 is 5.32 Å². The maximum Gasteiger partial charge on any atom is 0.0406 e. The van der Waals surface area contributed by atoms with E-state index in [2.05, 4.69) is 49.5 Å². The highest BCUT2D eigenvalue weighted by molar-refractivity contribution is 6.30. The molecule has 1 fully saturated rings. The third-order valence-electron chi connectivity index (χ3n) is 4.21. The van der Waals surface area contributed by atoms with Gasteiger partial charge in [0.15, 0.2) is 0 Å². The third-order valence-corrected chi connectivity index (χ3v) is 4.46. The Morgan fingerprint density at radius 3 is 2.10 bits per heavy atom. The first-order chi connectivity index (χ1) is 9.57. The van der Waals surface area contributed by atoms with E-state index in [-0.39, 0.29) is 5.41 Å². The van der Waals surface area contributed by atoms with Gasteiger partial charge in [-0.15, -0.1) is 0 Å². The van der Waals surface area contributed by atoms with Crippen LogP contribution in [0.25, 0.3) is 0 Å². The lowest BCUT2D eigenvalue weighted by Gasteiger charge is -2.43. The van der Waals surface area contributed by atoms with Crippen LogP contribution in [0.4, 0.5) is 0 Å². The van der Waals surface area contributed by atoms with Gasteiger partial charge in [-0.1, -0.05) is 53.1 Å². The summed E-state index contributed by atoms with van der Waals surface area (Å²) in [4.78, 5) is 0. The summed E-state index contributed by atoms with van der Waals surface area (Å²) >= 11 is 6.01. The lowest BCUT2D eigenvalue weighted by atomic mass is 9.71. The van der Waals surface area contributed by atoms with Gasteiger partial charge in [0.05, 0.1) is 0 Å². The molecule has 0 radical (unpaired) electrons. The molecule has 0 saturated carbocycles. The Hall–Kier alpha value is -1.31. The molecule has 0 spiro atoms. The van der Waals surface area contributed by atoms with Crippen LogP contribution in [-0.4, -0.2) is 13.1 Å². The highest BCUT2D eigenvalue weighted by Crippen LogP contribution is 2.33. The fourth-order valence-corrected chi connectivity index (χ4v) is 3.35. The van der Waals surface area contributed by atoms with Gasteiger partial charge in [0.2, 0.25) is 0 Å². The summed E-state index contributed by atoms with van der Waals surface area (Å²) in [6, 6.07) is 15.2. The molecule has 0 unspecified atom stereocenters. The third kappa shape index (κ3) is 2.61. The average Bonchev–Trinajstić information content (AvgIpc) is 2.34. The van der Waals surface area contributed by atoms with Gasteiger partial charge in [-0.25, -0.2) is 0 Å². The van der Waals surface area contributed by atoms with Crippen molar-refractivity contribution in [1.82, 2.24) is 5.32 Å². The molecule has 104 valence electrons.